The van der Waals surface area contributed by atoms with Gasteiger partial charge in [-0.15, -0.1) is 0 Å². The molecule has 2 aromatic heterocycles. The van der Waals surface area contributed by atoms with E-state index in [9.17, 15) is 9.59 Å². The standard InChI is InChI=1S/C20H18N6O2S/c21-18-14(9-12-11-22-15-6-2-1-5-13(12)15)19(28)23-20-26(18)24-16(29-20)10-17(27)25-7-3-4-8-25/h1-2,5-6,9,11H,3-4,7-8,10,21H2. The van der Waals surface area contributed by atoms with Gasteiger partial charge in [-0.05, 0) is 25.0 Å². The smallest absolute Gasteiger partial charge is 0.283 e. The molecule has 1 fully saturated rings. The number of allylic oxidation sites excluding steroid dienone is 1. The molecule has 0 radical (unpaired) electrons. The minimum atomic E-state index is -0.422. The van der Waals surface area contributed by atoms with Crippen molar-refractivity contribution in [1.29, 1.82) is 0 Å². The van der Waals surface area contributed by atoms with Gasteiger partial charge in [-0.2, -0.15) is 14.6 Å². The largest absolute Gasteiger partial charge is 0.383 e. The van der Waals surface area contributed by atoms with E-state index in [0.717, 1.165) is 42.8 Å². The highest BCUT2D eigenvalue weighted by molar-refractivity contribution is 7.16. The molecule has 0 unspecified atom stereocenters. The fourth-order valence-electron chi connectivity index (χ4n) is 3.65. The predicted octanol–water partition coefficient (Wildman–Crippen LogP) is 2.15. The fraction of sp³-hybridized carbons (Fsp3) is 0.250. The first-order valence-corrected chi connectivity index (χ1v) is 10.2. The van der Waals surface area contributed by atoms with Gasteiger partial charge in [0.05, 0.1) is 17.7 Å². The van der Waals surface area contributed by atoms with Crippen molar-refractivity contribution in [2.45, 2.75) is 19.3 Å². The minimum absolute atomic E-state index is 0.0455. The maximum Gasteiger partial charge on any atom is 0.283 e. The van der Waals surface area contributed by atoms with E-state index in [0.29, 0.717) is 9.97 Å². The van der Waals surface area contributed by atoms with Crippen LogP contribution in [0.5, 0.6) is 0 Å². The summed E-state index contributed by atoms with van der Waals surface area (Å²) in [5.74, 6) is 0.255. The lowest BCUT2D eigenvalue weighted by Crippen LogP contribution is -2.29. The van der Waals surface area contributed by atoms with Crippen molar-refractivity contribution in [1.82, 2.24) is 19.5 Å². The van der Waals surface area contributed by atoms with Gasteiger partial charge in [0.1, 0.15) is 10.8 Å². The molecule has 3 aromatic rings. The van der Waals surface area contributed by atoms with Crippen molar-refractivity contribution in [3.8, 4) is 0 Å². The molecule has 0 spiro atoms. The number of likely N-dealkylation sites (tertiary alicyclic amines) is 1. The number of aromatic nitrogens is 3. The Morgan fingerprint density at radius 3 is 2.86 bits per heavy atom. The van der Waals surface area contributed by atoms with Crippen molar-refractivity contribution in [3.63, 3.8) is 0 Å². The average Bonchev–Trinajstić information content (AvgIpc) is 3.45. The van der Waals surface area contributed by atoms with Crippen molar-refractivity contribution in [2.75, 3.05) is 18.8 Å². The Bertz CT molecular complexity index is 1250. The van der Waals surface area contributed by atoms with Crippen molar-refractivity contribution in [3.05, 3.63) is 50.8 Å². The Morgan fingerprint density at radius 2 is 2.03 bits per heavy atom. The predicted molar refractivity (Wildman–Crippen MR) is 114 cm³/mol. The molecule has 1 amide bonds. The monoisotopic (exact) mass is 406 g/mol. The zero-order valence-electron chi connectivity index (χ0n) is 15.5. The summed E-state index contributed by atoms with van der Waals surface area (Å²) in [4.78, 5) is 35.7. The molecule has 8 nitrogen and oxygen atoms in total. The second kappa shape index (κ2) is 6.93. The molecule has 2 N–H and O–H groups in total. The molecule has 9 heteroatoms. The SMILES string of the molecule is Nc1c(C=C2C=Nc3ccccc32)c(=O)nc2sc(CC(=O)N3CCCC3)nn12. The Kier molecular flexibility index (Phi) is 4.24. The molecular weight excluding hydrogens is 388 g/mol. The number of carbonyl (C=O) groups excluding carboxylic acids is 1. The Labute approximate surface area is 170 Å². The van der Waals surface area contributed by atoms with Crippen LogP contribution < -0.4 is 11.3 Å². The van der Waals surface area contributed by atoms with Gasteiger partial charge in [-0.3, -0.25) is 14.6 Å². The Balaban J connectivity index is 1.51. The van der Waals surface area contributed by atoms with Gasteiger partial charge >= 0.3 is 0 Å². The third-order valence-corrected chi connectivity index (χ3v) is 6.06. The van der Waals surface area contributed by atoms with Crippen molar-refractivity contribution >= 4 is 51.6 Å². The van der Waals surface area contributed by atoms with Crippen LogP contribution >= 0.6 is 11.3 Å². The molecule has 146 valence electrons. The molecule has 0 bridgehead atoms. The Hall–Kier alpha value is -3.33. The first kappa shape index (κ1) is 17.7. The number of nitrogen functional groups attached to an aromatic ring is 1. The topological polar surface area (TPSA) is 106 Å². The van der Waals surface area contributed by atoms with Gasteiger partial charge < -0.3 is 10.6 Å². The van der Waals surface area contributed by atoms with E-state index in [1.807, 2.05) is 29.2 Å². The van der Waals surface area contributed by atoms with Gasteiger partial charge in [0.2, 0.25) is 10.9 Å². The van der Waals surface area contributed by atoms with E-state index in [1.54, 1.807) is 12.3 Å². The molecule has 0 saturated carbocycles. The summed E-state index contributed by atoms with van der Waals surface area (Å²) in [5, 5.41) is 5.04. The number of nitrogens with zero attached hydrogens (tertiary/aromatic N) is 5. The van der Waals surface area contributed by atoms with Crippen LogP contribution in [0.2, 0.25) is 0 Å². The molecule has 1 saturated heterocycles. The number of anilines is 1. The lowest BCUT2D eigenvalue weighted by molar-refractivity contribution is -0.129. The third-order valence-electron chi connectivity index (χ3n) is 5.15. The van der Waals surface area contributed by atoms with Crippen LogP contribution in [-0.4, -0.2) is 44.7 Å². The molecule has 1 aromatic carbocycles. The van der Waals surface area contributed by atoms with E-state index in [2.05, 4.69) is 15.1 Å². The number of nitrogens with two attached hydrogens (primary N) is 1. The number of hydrogen-bond acceptors (Lipinski definition) is 7. The molecular formula is C20H18N6O2S. The van der Waals surface area contributed by atoms with E-state index >= 15 is 0 Å². The number of rotatable bonds is 3. The van der Waals surface area contributed by atoms with Crippen LogP contribution in [-0.2, 0) is 11.2 Å². The minimum Gasteiger partial charge on any atom is -0.383 e. The third kappa shape index (κ3) is 3.13. The second-order valence-corrected chi connectivity index (χ2v) is 8.09. The van der Waals surface area contributed by atoms with Crippen LogP contribution in [0.15, 0.2) is 34.1 Å². The molecule has 5 rings (SSSR count). The normalized spacial score (nSPS) is 16.8. The summed E-state index contributed by atoms with van der Waals surface area (Å²) in [5.41, 5.74) is 8.70. The summed E-state index contributed by atoms with van der Waals surface area (Å²) in [7, 11) is 0. The van der Waals surface area contributed by atoms with E-state index < -0.39 is 5.56 Å². The van der Waals surface area contributed by atoms with Crippen molar-refractivity contribution in [2.24, 2.45) is 4.99 Å². The van der Waals surface area contributed by atoms with Crippen LogP contribution in [0.3, 0.4) is 0 Å². The quantitative estimate of drug-likeness (QED) is 0.717. The molecule has 2 aliphatic rings. The number of amides is 1. The van der Waals surface area contributed by atoms with E-state index in [4.69, 9.17) is 5.73 Å². The maximum atomic E-state index is 12.6. The van der Waals surface area contributed by atoms with Gasteiger partial charge in [0.25, 0.3) is 5.56 Å². The first-order chi connectivity index (χ1) is 14.1. The van der Waals surface area contributed by atoms with E-state index in [-0.39, 0.29) is 23.7 Å². The van der Waals surface area contributed by atoms with Gasteiger partial charge in [0.15, 0.2) is 0 Å². The first-order valence-electron chi connectivity index (χ1n) is 9.41. The van der Waals surface area contributed by atoms with Gasteiger partial charge in [0, 0.05) is 30.4 Å². The summed E-state index contributed by atoms with van der Waals surface area (Å²) in [6, 6.07) is 7.69. The van der Waals surface area contributed by atoms with Crippen LogP contribution in [0, 0.1) is 0 Å². The van der Waals surface area contributed by atoms with Crippen LogP contribution in [0.25, 0.3) is 16.6 Å². The number of carbonyl (C=O) groups is 1. The number of para-hydroxylation sites is 1. The number of hydrogen-bond donors (Lipinski definition) is 1. The Morgan fingerprint density at radius 1 is 1.24 bits per heavy atom. The number of fused-ring (bicyclic) bond motifs is 2. The number of benzene rings is 1. The summed E-state index contributed by atoms with van der Waals surface area (Å²) >= 11 is 1.22. The average molecular weight is 406 g/mol. The lowest BCUT2D eigenvalue weighted by atomic mass is 10.1. The second-order valence-electron chi connectivity index (χ2n) is 7.05. The molecule has 0 atom stereocenters. The maximum absolute atomic E-state index is 12.6. The highest BCUT2D eigenvalue weighted by Gasteiger charge is 2.21. The van der Waals surface area contributed by atoms with Gasteiger partial charge in [-0.25, -0.2) is 0 Å². The van der Waals surface area contributed by atoms with Crippen molar-refractivity contribution < 1.29 is 4.79 Å². The lowest BCUT2D eigenvalue weighted by Gasteiger charge is -2.13. The summed E-state index contributed by atoms with van der Waals surface area (Å²) < 4.78 is 1.45. The summed E-state index contributed by atoms with van der Waals surface area (Å²) in [6.45, 7) is 1.59. The molecule has 0 aliphatic carbocycles. The van der Waals surface area contributed by atoms with Crippen LogP contribution in [0.4, 0.5) is 11.5 Å². The zero-order valence-corrected chi connectivity index (χ0v) is 16.4. The zero-order chi connectivity index (χ0) is 20.0. The fourth-order valence-corrected chi connectivity index (χ4v) is 4.53. The summed E-state index contributed by atoms with van der Waals surface area (Å²) in [6.07, 6.45) is 5.68. The highest BCUT2D eigenvalue weighted by Crippen LogP contribution is 2.32. The highest BCUT2D eigenvalue weighted by atomic mass is 32.1. The van der Waals surface area contributed by atoms with E-state index in [1.165, 1.54) is 15.9 Å². The van der Waals surface area contributed by atoms with Gasteiger partial charge in [-0.1, -0.05) is 29.5 Å². The van der Waals surface area contributed by atoms with Crippen LogP contribution in [0.1, 0.15) is 29.0 Å². The molecule has 2 aliphatic heterocycles. The molecule has 29 heavy (non-hydrogen) atoms. The molecule has 4 heterocycles. The number of aliphatic imine (C=N–C) groups is 1.